The molecule has 2 atom stereocenters. The van der Waals surface area contributed by atoms with E-state index in [-0.39, 0.29) is 5.04 Å². The minimum atomic E-state index is -1.73. The van der Waals surface area contributed by atoms with Gasteiger partial charge in [0, 0.05) is 5.92 Å². The predicted molar refractivity (Wildman–Crippen MR) is 126 cm³/mol. The summed E-state index contributed by atoms with van der Waals surface area (Å²) in [5.41, 5.74) is 1.74. The molecule has 3 heteroatoms. The normalized spacial score (nSPS) is 26.1. The Balaban J connectivity index is 1.75. The fourth-order valence-electron chi connectivity index (χ4n) is 4.49. The van der Waals surface area contributed by atoms with E-state index in [1.54, 1.807) is 5.57 Å². The third kappa shape index (κ3) is 5.70. The fraction of sp³-hybridized carbons (Fsp3) is 0.680. The molecule has 2 radical (unpaired) electrons. The first-order chi connectivity index (χ1) is 13.3. The van der Waals surface area contributed by atoms with E-state index in [0.717, 1.165) is 15.4 Å². The van der Waals surface area contributed by atoms with E-state index in [2.05, 4.69) is 70.3 Å². The molecule has 0 bridgehead atoms. The van der Waals surface area contributed by atoms with Crippen LogP contribution >= 0.6 is 0 Å². The molecule has 154 valence electrons. The van der Waals surface area contributed by atoms with E-state index >= 15 is 0 Å². The van der Waals surface area contributed by atoms with E-state index in [9.17, 15) is 0 Å². The minimum absolute atomic E-state index is 0.287. The lowest BCUT2D eigenvalue weighted by molar-refractivity contribution is 0.156. The summed E-state index contributed by atoms with van der Waals surface area (Å²) in [5.74, 6) is 1.47. The molecule has 0 unspecified atom stereocenters. The molecular formula is C25H40OSi2. The number of rotatable bonds is 6. The first kappa shape index (κ1) is 22.0. The van der Waals surface area contributed by atoms with Crippen molar-refractivity contribution in [3.8, 4) is 0 Å². The van der Waals surface area contributed by atoms with Crippen molar-refractivity contribution in [1.82, 2.24) is 0 Å². The SMILES string of the molecule is CC(C)(C)[Si](C)(C)O[C@@H]1CC/C(=C\C2CCCCC2)[C@H]1C[Si]c1ccccc1. The highest BCUT2D eigenvalue weighted by Crippen LogP contribution is 2.44. The lowest BCUT2D eigenvalue weighted by Gasteiger charge is -2.40. The van der Waals surface area contributed by atoms with Crippen LogP contribution in [0.25, 0.3) is 0 Å². The van der Waals surface area contributed by atoms with Gasteiger partial charge in [-0.25, -0.2) is 0 Å². The Morgan fingerprint density at radius 2 is 1.71 bits per heavy atom. The maximum absolute atomic E-state index is 6.99. The molecule has 0 aliphatic heterocycles. The zero-order valence-electron chi connectivity index (χ0n) is 18.8. The van der Waals surface area contributed by atoms with Gasteiger partial charge >= 0.3 is 0 Å². The molecular weight excluding hydrogens is 372 g/mol. The van der Waals surface area contributed by atoms with E-state index < -0.39 is 8.32 Å². The van der Waals surface area contributed by atoms with Crippen LogP contribution in [0.2, 0.25) is 24.2 Å². The van der Waals surface area contributed by atoms with Crippen LogP contribution in [0.15, 0.2) is 42.0 Å². The quantitative estimate of drug-likeness (QED) is 0.371. The average Bonchev–Trinajstić information content (AvgIpc) is 3.01. The van der Waals surface area contributed by atoms with Gasteiger partial charge in [-0.2, -0.15) is 0 Å². The van der Waals surface area contributed by atoms with Crippen LogP contribution in [0.4, 0.5) is 0 Å². The molecule has 0 aromatic heterocycles. The molecule has 0 saturated heterocycles. The van der Waals surface area contributed by atoms with Crippen molar-refractivity contribution in [2.75, 3.05) is 0 Å². The summed E-state index contributed by atoms with van der Waals surface area (Å²) in [6.07, 6.45) is 12.7. The van der Waals surface area contributed by atoms with Gasteiger partial charge in [0.1, 0.15) is 0 Å². The second-order valence-electron chi connectivity index (χ2n) is 10.4. The van der Waals surface area contributed by atoms with Gasteiger partial charge < -0.3 is 4.43 Å². The highest BCUT2D eigenvalue weighted by atomic mass is 28.4. The van der Waals surface area contributed by atoms with Crippen LogP contribution in [0.5, 0.6) is 0 Å². The smallest absolute Gasteiger partial charge is 0.192 e. The number of hydrogen-bond acceptors (Lipinski definition) is 1. The maximum atomic E-state index is 6.99. The predicted octanol–water partition coefficient (Wildman–Crippen LogP) is 6.74. The summed E-state index contributed by atoms with van der Waals surface area (Å²) in [4.78, 5) is 0. The number of hydrogen-bond donors (Lipinski definition) is 0. The molecule has 2 saturated carbocycles. The van der Waals surface area contributed by atoms with Crippen molar-refractivity contribution in [2.24, 2.45) is 11.8 Å². The van der Waals surface area contributed by atoms with E-state index in [0.29, 0.717) is 12.0 Å². The van der Waals surface area contributed by atoms with Crippen molar-refractivity contribution < 1.29 is 4.43 Å². The summed E-state index contributed by atoms with van der Waals surface area (Å²) in [5, 5.41) is 1.78. The topological polar surface area (TPSA) is 9.23 Å². The number of benzene rings is 1. The van der Waals surface area contributed by atoms with Crippen molar-refractivity contribution >= 4 is 23.0 Å². The van der Waals surface area contributed by atoms with Crippen LogP contribution in [0, 0.1) is 11.8 Å². The first-order valence-electron chi connectivity index (χ1n) is 11.4. The summed E-state index contributed by atoms with van der Waals surface area (Å²) in [7, 11) is -0.836. The molecule has 0 amide bonds. The van der Waals surface area contributed by atoms with Crippen molar-refractivity contribution in [2.45, 2.75) is 96.0 Å². The first-order valence-corrected chi connectivity index (χ1v) is 15.5. The molecule has 1 aromatic carbocycles. The Morgan fingerprint density at radius 3 is 2.36 bits per heavy atom. The van der Waals surface area contributed by atoms with Gasteiger partial charge in [-0.3, -0.25) is 0 Å². The molecule has 0 heterocycles. The van der Waals surface area contributed by atoms with Gasteiger partial charge in [0.15, 0.2) is 8.32 Å². The van der Waals surface area contributed by atoms with Gasteiger partial charge in [-0.1, -0.05) is 87.2 Å². The highest BCUT2D eigenvalue weighted by molar-refractivity contribution is 6.74. The van der Waals surface area contributed by atoms with Gasteiger partial charge in [-0.05, 0) is 55.8 Å². The summed E-state index contributed by atoms with van der Waals surface area (Å²) in [6, 6.07) is 12.3. The average molecular weight is 413 g/mol. The molecule has 1 aromatic rings. The van der Waals surface area contributed by atoms with E-state index in [1.165, 1.54) is 56.2 Å². The fourth-order valence-corrected chi connectivity index (χ4v) is 7.29. The molecule has 28 heavy (non-hydrogen) atoms. The monoisotopic (exact) mass is 412 g/mol. The Kier molecular flexibility index (Phi) is 7.44. The van der Waals surface area contributed by atoms with Gasteiger partial charge in [0.05, 0.1) is 15.6 Å². The van der Waals surface area contributed by atoms with Crippen LogP contribution in [-0.2, 0) is 4.43 Å². The zero-order chi connectivity index (χ0) is 20.2. The lowest BCUT2D eigenvalue weighted by atomic mass is 9.86. The van der Waals surface area contributed by atoms with Crippen LogP contribution in [0.3, 0.4) is 0 Å². The largest absolute Gasteiger partial charge is 0.413 e. The van der Waals surface area contributed by atoms with Gasteiger partial charge in [0.2, 0.25) is 0 Å². The molecule has 1 nitrogen and oxygen atoms in total. The Hall–Kier alpha value is -0.646. The Morgan fingerprint density at radius 1 is 1.04 bits per heavy atom. The number of allylic oxidation sites excluding steroid dienone is 1. The summed E-state index contributed by atoms with van der Waals surface area (Å²) in [6.45, 7) is 12.0. The second-order valence-corrected chi connectivity index (χ2v) is 16.5. The second kappa shape index (κ2) is 9.44. The molecule has 0 spiro atoms. The van der Waals surface area contributed by atoms with Crippen LogP contribution < -0.4 is 5.19 Å². The van der Waals surface area contributed by atoms with E-state index in [1.807, 2.05) is 0 Å². The van der Waals surface area contributed by atoms with Crippen molar-refractivity contribution in [3.05, 3.63) is 42.0 Å². The highest BCUT2D eigenvalue weighted by Gasteiger charge is 2.43. The van der Waals surface area contributed by atoms with Crippen LogP contribution in [-0.4, -0.2) is 23.9 Å². The summed E-state index contributed by atoms with van der Waals surface area (Å²) >= 11 is 0. The van der Waals surface area contributed by atoms with Crippen LogP contribution in [0.1, 0.15) is 65.7 Å². The summed E-state index contributed by atoms with van der Waals surface area (Å²) < 4.78 is 6.99. The molecule has 2 aliphatic rings. The minimum Gasteiger partial charge on any atom is -0.413 e. The van der Waals surface area contributed by atoms with Gasteiger partial charge in [0.25, 0.3) is 0 Å². The molecule has 3 rings (SSSR count). The standard InChI is InChI=1S/C25H40OSi2/c1-25(2,3)28(4,5)26-24-17-16-21(18-20-12-8-6-9-13-20)23(24)19-27-22-14-10-7-11-15-22/h7,10-11,14-15,18,20,23-24H,6,8-9,12-13,16-17,19H2,1-5H3/b21-18+/t23-,24-/m1/s1. The molecule has 2 aliphatic carbocycles. The molecule has 2 fully saturated rings. The van der Waals surface area contributed by atoms with Crippen molar-refractivity contribution in [1.29, 1.82) is 0 Å². The van der Waals surface area contributed by atoms with E-state index in [4.69, 9.17) is 4.43 Å². The Labute approximate surface area is 177 Å². The Bertz CT molecular complexity index is 638. The van der Waals surface area contributed by atoms with Crippen molar-refractivity contribution in [3.63, 3.8) is 0 Å². The zero-order valence-corrected chi connectivity index (χ0v) is 20.8. The maximum Gasteiger partial charge on any atom is 0.192 e. The third-order valence-electron chi connectivity index (χ3n) is 7.29. The lowest BCUT2D eigenvalue weighted by Crippen LogP contribution is -2.45. The van der Waals surface area contributed by atoms with Gasteiger partial charge in [-0.15, -0.1) is 0 Å². The molecule has 0 N–H and O–H groups in total. The third-order valence-corrected chi connectivity index (χ3v) is 13.2.